The van der Waals surface area contributed by atoms with E-state index in [9.17, 15) is 13.2 Å². The van der Waals surface area contributed by atoms with Crippen LogP contribution in [0.15, 0.2) is 18.7 Å². The summed E-state index contributed by atoms with van der Waals surface area (Å²) in [7, 11) is 0. The van der Waals surface area contributed by atoms with Crippen LogP contribution in [0.4, 0.5) is 18.9 Å². The fraction of sp³-hybridized carbons (Fsp3) is 0.273. The van der Waals surface area contributed by atoms with Crippen molar-refractivity contribution >= 4 is 11.3 Å². The van der Waals surface area contributed by atoms with Crippen LogP contribution in [0.25, 0.3) is 5.57 Å². The van der Waals surface area contributed by atoms with Gasteiger partial charge in [-0.15, -0.1) is 0 Å². The van der Waals surface area contributed by atoms with Crippen LogP contribution in [0.5, 0.6) is 0 Å². The SMILES string of the molecule is C=C(C)c1cc(N)cc(C(F)(F)F)c1C. The van der Waals surface area contributed by atoms with E-state index in [1.54, 1.807) is 6.92 Å². The van der Waals surface area contributed by atoms with E-state index in [0.717, 1.165) is 6.07 Å². The van der Waals surface area contributed by atoms with Gasteiger partial charge in [0.2, 0.25) is 0 Å². The number of nitrogens with two attached hydrogens (primary N) is 1. The molecule has 0 aliphatic heterocycles. The molecular formula is C11H12F3N. The van der Waals surface area contributed by atoms with E-state index in [1.165, 1.54) is 13.0 Å². The lowest BCUT2D eigenvalue weighted by Gasteiger charge is -2.15. The number of alkyl halides is 3. The fourth-order valence-corrected chi connectivity index (χ4v) is 1.47. The summed E-state index contributed by atoms with van der Waals surface area (Å²) in [5, 5.41) is 0. The largest absolute Gasteiger partial charge is 0.416 e. The Morgan fingerprint density at radius 1 is 1.33 bits per heavy atom. The van der Waals surface area contributed by atoms with Crippen molar-refractivity contribution in [3.8, 4) is 0 Å². The molecule has 1 rings (SSSR count). The van der Waals surface area contributed by atoms with Crippen molar-refractivity contribution in [3.05, 3.63) is 35.4 Å². The van der Waals surface area contributed by atoms with E-state index < -0.39 is 11.7 Å². The maximum atomic E-state index is 12.6. The molecule has 0 bridgehead atoms. The quantitative estimate of drug-likeness (QED) is 0.711. The minimum absolute atomic E-state index is 0.103. The second kappa shape index (κ2) is 3.61. The molecule has 0 unspecified atom stereocenters. The normalized spacial score (nSPS) is 11.5. The van der Waals surface area contributed by atoms with Crippen molar-refractivity contribution in [1.82, 2.24) is 0 Å². The molecule has 0 saturated heterocycles. The minimum Gasteiger partial charge on any atom is -0.399 e. The molecule has 0 atom stereocenters. The lowest BCUT2D eigenvalue weighted by atomic mass is 9.97. The molecular weight excluding hydrogens is 203 g/mol. The van der Waals surface area contributed by atoms with Gasteiger partial charge in [-0.2, -0.15) is 13.2 Å². The molecule has 4 heteroatoms. The Bertz CT molecular complexity index is 405. The minimum atomic E-state index is -4.37. The first-order valence-electron chi connectivity index (χ1n) is 4.36. The number of halogens is 3. The fourth-order valence-electron chi connectivity index (χ4n) is 1.47. The van der Waals surface area contributed by atoms with Crippen molar-refractivity contribution in [3.63, 3.8) is 0 Å². The van der Waals surface area contributed by atoms with Gasteiger partial charge in [0.1, 0.15) is 0 Å². The predicted octanol–water partition coefficient (Wildman–Crippen LogP) is 3.63. The van der Waals surface area contributed by atoms with Gasteiger partial charge in [-0.25, -0.2) is 0 Å². The number of anilines is 1. The first kappa shape index (κ1) is 11.6. The summed E-state index contributed by atoms with van der Waals surface area (Å²) in [6.45, 7) is 6.71. The Hall–Kier alpha value is -1.45. The summed E-state index contributed by atoms with van der Waals surface area (Å²) < 4.78 is 37.8. The molecule has 0 spiro atoms. The average molecular weight is 215 g/mol. The highest BCUT2D eigenvalue weighted by molar-refractivity contribution is 5.69. The summed E-state index contributed by atoms with van der Waals surface area (Å²) >= 11 is 0. The monoisotopic (exact) mass is 215 g/mol. The molecule has 0 aliphatic rings. The van der Waals surface area contributed by atoms with Gasteiger partial charge in [-0.05, 0) is 37.1 Å². The van der Waals surface area contributed by atoms with Crippen molar-refractivity contribution < 1.29 is 13.2 Å². The van der Waals surface area contributed by atoms with Crippen LogP contribution >= 0.6 is 0 Å². The third kappa shape index (κ3) is 2.32. The molecule has 0 aliphatic carbocycles. The number of allylic oxidation sites excluding steroid dienone is 1. The summed E-state index contributed by atoms with van der Waals surface area (Å²) in [6.07, 6.45) is -4.37. The first-order valence-corrected chi connectivity index (χ1v) is 4.36. The van der Waals surface area contributed by atoms with Crippen molar-refractivity contribution in [2.75, 3.05) is 5.73 Å². The van der Waals surface area contributed by atoms with Crippen LogP contribution in [0.2, 0.25) is 0 Å². The van der Waals surface area contributed by atoms with Crippen molar-refractivity contribution in [2.45, 2.75) is 20.0 Å². The van der Waals surface area contributed by atoms with Crippen molar-refractivity contribution in [2.24, 2.45) is 0 Å². The summed E-state index contributed by atoms with van der Waals surface area (Å²) in [5.41, 5.74) is 6.04. The molecule has 1 aromatic carbocycles. The Labute approximate surface area is 86.4 Å². The number of benzene rings is 1. The average Bonchev–Trinajstić information content (AvgIpc) is 2.06. The van der Waals surface area contributed by atoms with Gasteiger partial charge in [0.15, 0.2) is 0 Å². The van der Waals surface area contributed by atoms with E-state index in [0.29, 0.717) is 11.1 Å². The lowest BCUT2D eigenvalue weighted by Crippen LogP contribution is -2.10. The topological polar surface area (TPSA) is 26.0 Å². The number of nitrogen functional groups attached to an aromatic ring is 1. The van der Waals surface area contributed by atoms with Gasteiger partial charge in [0.05, 0.1) is 5.56 Å². The maximum absolute atomic E-state index is 12.6. The summed E-state index contributed by atoms with van der Waals surface area (Å²) in [4.78, 5) is 0. The van der Waals surface area contributed by atoms with Crippen molar-refractivity contribution in [1.29, 1.82) is 0 Å². The molecule has 15 heavy (non-hydrogen) atoms. The summed E-state index contributed by atoms with van der Waals surface area (Å²) in [5.74, 6) is 0. The van der Waals surface area contributed by atoms with Gasteiger partial charge in [0.25, 0.3) is 0 Å². The molecule has 0 saturated carbocycles. The van der Waals surface area contributed by atoms with Crippen LogP contribution in [-0.4, -0.2) is 0 Å². The van der Waals surface area contributed by atoms with Crippen LogP contribution in [0.3, 0.4) is 0 Å². The Morgan fingerprint density at radius 2 is 1.87 bits per heavy atom. The zero-order chi connectivity index (χ0) is 11.8. The highest BCUT2D eigenvalue weighted by Crippen LogP contribution is 2.36. The van der Waals surface area contributed by atoms with E-state index >= 15 is 0 Å². The Kier molecular flexibility index (Phi) is 2.79. The lowest BCUT2D eigenvalue weighted by molar-refractivity contribution is -0.138. The maximum Gasteiger partial charge on any atom is 0.416 e. The highest BCUT2D eigenvalue weighted by Gasteiger charge is 2.33. The Balaban J connectivity index is 3.49. The van der Waals surface area contributed by atoms with Gasteiger partial charge in [0, 0.05) is 5.69 Å². The van der Waals surface area contributed by atoms with Gasteiger partial charge in [-0.3, -0.25) is 0 Å². The smallest absolute Gasteiger partial charge is 0.399 e. The number of hydrogen-bond donors (Lipinski definition) is 1. The van der Waals surface area contributed by atoms with Crippen LogP contribution < -0.4 is 5.73 Å². The standard InChI is InChI=1S/C11H12F3N/c1-6(2)9-4-8(15)5-10(7(9)3)11(12,13)14/h4-5H,1,15H2,2-3H3. The van der Waals surface area contributed by atoms with Crippen LogP contribution in [0.1, 0.15) is 23.6 Å². The van der Waals surface area contributed by atoms with E-state index in [-0.39, 0.29) is 11.3 Å². The van der Waals surface area contributed by atoms with Gasteiger partial charge < -0.3 is 5.73 Å². The van der Waals surface area contributed by atoms with E-state index in [1.807, 2.05) is 0 Å². The number of rotatable bonds is 1. The van der Waals surface area contributed by atoms with Crippen LogP contribution in [-0.2, 0) is 6.18 Å². The molecule has 0 amide bonds. The molecule has 1 nitrogen and oxygen atoms in total. The third-order valence-electron chi connectivity index (χ3n) is 2.20. The van der Waals surface area contributed by atoms with E-state index in [2.05, 4.69) is 6.58 Å². The summed E-state index contributed by atoms with van der Waals surface area (Å²) in [6, 6.07) is 2.45. The second-order valence-corrected chi connectivity index (χ2v) is 3.52. The molecule has 0 fully saturated rings. The second-order valence-electron chi connectivity index (χ2n) is 3.52. The zero-order valence-corrected chi connectivity index (χ0v) is 8.57. The molecule has 0 aromatic heterocycles. The van der Waals surface area contributed by atoms with Crippen LogP contribution in [0, 0.1) is 6.92 Å². The Morgan fingerprint density at radius 3 is 2.27 bits per heavy atom. The number of hydrogen-bond acceptors (Lipinski definition) is 1. The third-order valence-corrected chi connectivity index (χ3v) is 2.20. The zero-order valence-electron chi connectivity index (χ0n) is 8.57. The molecule has 82 valence electrons. The highest BCUT2D eigenvalue weighted by atomic mass is 19.4. The molecule has 1 aromatic rings. The van der Waals surface area contributed by atoms with Gasteiger partial charge >= 0.3 is 6.18 Å². The molecule has 2 N–H and O–H groups in total. The van der Waals surface area contributed by atoms with Gasteiger partial charge in [-0.1, -0.05) is 12.2 Å². The molecule has 0 radical (unpaired) electrons. The molecule has 0 heterocycles. The first-order chi connectivity index (χ1) is 6.73. The van der Waals surface area contributed by atoms with E-state index in [4.69, 9.17) is 5.73 Å². The predicted molar refractivity (Wildman–Crippen MR) is 55.3 cm³/mol.